The monoisotopic (exact) mass is 422 g/mol. The van der Waals surface area contributed by atoms with Gasteiger partial charge in [0.1, 0.15) is 17.1 Å². The van der Waals surface area contributed by atoms with Gasteiger partial charge in [-0.1, -0.05) is 44.2 Å². The molecule has 0 aliphatic heterocycles. The Hall–Kier alpha value is -3.21. The maximum absolute atomic E-state index is 11.4. The fraction of sp³-hybridized carbons (Fsp3) is 0.346. The van der Waals surface area contributed by atoms with Gasteiger partial charge in [0.2, 0.25) is 0 Å². The van der Waals surface area contributed by atoms with Gasteiger partial charge in [0.25, 0.3) is 0 Å². The van der Waals surface area contributed by atoms with E-state index in [2.05, 4.69) is 12.1 Å². The van der Waals surface area contributed by atoms with Crippen molar-refractivity contribution in [3.63, 3.8) is 0 Å². The fourth-order valence-corrected chi connectivity index (χ4v) is 3.09. The molecule has 1 heterocycles. The molecule has 0 radical (unpaired) electrons. The summed E-state index contributed by atoms with van der Waals surface area (Å²) in [7, 11) is 0. The van der Waals surface area contributed by atoms with Gasteiger partial charge in [-0.05, 0) is 49.4 Å². The van der Waals surface area contributed by atoms with E-state index < -0.39 is 5.63 Å². The summed E-state index contributed by atoms with van der Waals surface area (Å²) in [6.45, 7) is 5.78. The average molecular weight is 423 g/mol. The largest absolute Gasteiger partial charge is 0.426 e. The van der Waals surface area contributed by atoms with E-state index >= 15 is 0 Å². The second-order valence-corrected chi connectivity index (χ2v) is 7.40. The lowest BCUT2D eigenvalue weighted by molar-refractivity contribution is -0.134. The SMILES string of the molecule is CCCC(=O)CCc1ccccc1.CCCC(=O)Oc1ccc2c(C)cc(=O)oc2c1. The molecule has 5 nitrogen and oxygen atoms in total. The Morgan fingerprint density at radius 3 is 2.29 bits per heavy atom. The maximum Gasteiger partial charge on any atom is 0.336 e. The lowest BCUT2D eigenvalue weighted by Gasteiger charge is -2.05. The zero-order valence-corrected chi connectivity index (χ0v) is 18.5. The first-order chi connectivity index (χ1) is 14.9. The van der Waals surface area contributed by atoms with Gasteiger partial charge < -0.3 is 9.15 Å². The molecule has 1 aromatic heterocycles. The van der Waals surface area contributed by atoms with Crippen LogP contribution in [0.1, 0.15) is 57.1 Å². The van der Waals surface area contributed by atoms with Crippen molar-refractivity contribution in [3.05, 3.63) is 76.1 Å². The standard InChI is InChI=1S/C14H14O4.C12H16O/c1-3-4-13(15)17-10-5-6-11-9(2)7-14(16)18-12(11)8-10;1-2-6-12(13)10-9-11-7-4-3-5-8-11/h5-8H,3-4H2,1-2H3;3-5,7-8H,2,6,9-10H2,1H3. The first-order valence-electron chi connectivity index (χ1n) is 10.7. The van der Waals surface area contributed by atoms with E-state index in [9.17, 15) is 14.4 Å². The van der Waals surface area contributed by atoms with Crippen molar-refractivity contribution in [3.8, 4) is 5.75 Å². The summed E-state index contributed by atoms with van der Waals surface area (Å²) in [5.41, 5.74) is 2.12. The molecule has 0 unspecified atom stereocenters. The number of benzene rings is 2. The highest BCUT2D eigenvalue weighted by Crippen LogP contribution is 2.22. The minimum atomic E-state index is -0.406. The number of esters is 1. The lowest BCUT2D eigenvalue weighted by Crippen LogP contribution is -2.07. The summed E-state index contributed by atoms with van der Waals surface area (Å²) in [5.74, 6) is 0.493. The summed E-state index contributed by atoms with van der Waals surface area (Å²) < 4.78 is 10.2. The molecule has 31 heavy (non-hydrogen) atoms. The van der Waals surface area contributed by atoms with Gasteiger partial charge in [-0.2, -0.15) is 0 Å². The van der Waals surface area contributed by atoms with Crippen molar-refractivity contribution in [2.24, 2.45) is 0 Å². The number of aryl methyl sites for hydroxylation is 2. The van der Waals surface area contributed by atoms with Gasteiger partial charge in [0, 0.05) is 36.8 Å². The van der Waals surface area contributed by atoms with Gasteiger partial charge in [-0.3, -0.25) is 9.59 Å². The van der Waals surface area contributed by atoms with Crippen LogP contribution in [0.3, 0.4) is 0 Å². The third-order valence-corrected chi connectivity index (χ3v) is 4.67. The van der Waals surface area contributed by atoms with Crippen LogP contribution in [0.5, 0.6) is 5.75 Å². The van der Waals surface area contributed by atoms with Crippen LogP contribution in [0.25, 0.3) is 11.0 Å². The molecule has 2 aromatic carbocycles. The molecule has 0 spiro atoms. The topological polar surface area (TPSA) is 73.6 Å². The van der Waals surface area contributed by atoms with Gasteiger partial charge in [-0.25, -0.2) is 4.79 Å². The highest BCUT2D eigenvalue weighted by atomic mass is 16.5. The summed E-state index contributed by atoms with van der Waals surface area (Å²) >= 11 is 0. The molecule has 0 saturated heterocycles. The minimum absolute atomic E-state index is 0.285. The molecule has 0 aliphatic carbocycles. The van der Waals surface area contributed by atoms with E-state index in [1.54, 1.807) is 18.2 Å². The van der Waals surface area contributed by atoms with E-state index in [4.69, 9.17) is 9.15 Å². The van der Waals surface area contributed by atoms with E-state index in [1.165, 1.54) is 11.6 Å². The smallest absolute Gasteiger partial charge is 0.336 e. The Labute approximate surface area is 183 Å². The summed E-state index contributed by atoms with van der Waals surface area (Å²) in [6.07, 6.45) is 4.38. The van der Waals surface area contributed by atoms with Crippen LogP contribution in [0.4, 0.5) is 0 Å². The van der Waals surface area contributed by atoms with Crippen LogP contribution >= 0.6 is 0 Å². The van der Waals surface area contributed by atoms with Crippen LogP contribution in [0.15, 0.2) is 63.8 Å². The number of ether oxygens (including phenoxy) is 1. The van der Waals surface area contributed by atoms with Crippen molar-refractivity contribution in [1.29, 1.82) is 0 Å². The predicted molar refractivity (Wildman–Crippen MR) is 122 cm³/mol. The molecular weight excluding hydrogens is 392 g/mol. The molecule has 0 N–H and O–H groups in total. The Kier molecular flexibility index (Phi) is 9.69. The highest BCUT2D eigenvalue weighted by Gasteiger charge is 2.07. The molecule has 3 aromatic rings. The third kappa shape index (κ3) is 8.21. The van der Waals surface area contributed by atoms with Crippen molar-refractivity contribution >= 4 is 22.7 Å². The molecule has 0 saturated carbocycles. The molecule has 0 atom stereocenters. The van der Waals surface area contributed by atoms with Gasteiger partial charge >= 0.3 is 11.6 Å². The molecule has 164 valence electrons. The molecule has 0 bridgehead atoms. The summed E-state index contributed by atoms with van der Waals surface area (Å²) in [6, 6.07) is 16.6. The highest BCUT2D eigenvalue weighted by molar-refractivity contribution is 5.82. The Bertz CT molecular complexity index is 1050. The van der Waals surface area contributed by atoms with E-state index in [-0.39, 0.29) is 5.97 Å². The lowest BCUT2D eigenvalue weighted by atomic mass is 10.1. The molecule has 0 fully saturated rings. The number of fused-ring (bicyclic) bond motifs is 1. The Morgan fingerprint density at radius 1 is 0.903 bits per heavy atom. The second-order valence-electron chi connectivity index (χ2n) is 7.40. The third-order valence-electron chi connectivity index (χ3n) is 4.67. The zero-order valence-electron chi connectivity index (χ0n) is 18.5. The van der Waals surface area contributed by atoms with Crippen molar-refractivity contribution in [2.45, 2.75) is 59.3 Å². The van der Waals surface area contributed by atoms with Gasteiger partial charge in [0.15, 0.2) is 0 Å². The minimum Gasteiger partial charge on any atom is -0.426 e. The molecular formula is C26H30O5. The number of carbonyl (C=O) groups is 2. The number of hydrogen-bond donors (Lipinski definition) is 0. The van der Waals surface area contributed by atoms with Crippen LogP contribution in [-0.2, 0) is 16.0 Å². The average Bonchev–Trinajstić information content (AvgIpc) is 2.73. The van der Waals surface area contributed by atoms with Crippen molar-refractivity contribution < 1.29 is 18.7 Å². The Morgan fingerprint density at radius 2 is 1.61 bits per heavy atom. The number of rotatable bonds is 8. The Balaban J connectivity index is 0.000000233. The van der Waals surface area contributed by atoms with Crippen LogP contribution in [-0.4, -0.2) is 11.8 Å². The summed E-state index contributed by atoms with van der Waals surface area (Å²) in [5, 5.41) is 0.838. The second kappa shape index (κ2) is 12.5. The van der Waals surface area contributed by atoms with E-state index in [0.717, 1.165) is 36.6 Å². The number of carbonyl (C=O) groups excluding carboxylic acids is 2. The summed E-state index contributed by atoms with van der Waals surface area (Å²) in [4.78, 5) is 33.9. The predicted octanol–water partition coefficient (Wildman–Crippen LogP) is 5.80. The first kappa shape index (κ1) is 24.1. The van der Waals surface area contributed by atoms with E-state index in [0.29, 0.717) is 30.0 Å². The van der Waals surface area contributed by atoms with Crippen molar-refractivity contribution in [1.82, 2.24) is 0 Å². The number of Topliss-reactive ketones (excluding diaryl/α,β-unsaturated/α-hetero) is 1. The quantitative estimate of drug-likeness (QED) is 0.261. The maximum atomic E-state index is 11.4. The van der Waals surface area contributed by atoms with Crippen LogP contribution < -0.4 is 10.4 Å². The molecule has 3 rings (SSSR count). The normalized spacial score (nSPS) is 10.3. The number of hydrogen-bond acceptors (Lipinski definition) is 5. The molecule has 0 aliphatic rings. The van der Waals surface area contributed by atoms with Crippen LogP contribution in [0.2, 0.25) is 0 Å². The fourth-order valence-electron chi connectivity index (χ4n) is 3.09. The zero-order chi connectivity index (χ0) is 22.6. The first-order valence-corrected chi connectivity index (χ1v) is 10.7. The van der Waals surface area contributed by atoms with Crippen LogP contribution in [0, 0.1) is 6.92 Å². The van der Waals surface area contributed by atoms with Gasteiger partial charge in [0.05, 0.1) is 0 Å². The molecule has 5 heteroatoms. The molecule has 0 amide bonds. The van der Waals surface area contributed by atoms with Gasteiger partial charge in [-0.15, -0.1) is 0 Å². The number of ketones is 1. The van der Waals surface area contributed by atoms with Crippen molar-refractivity contribution in [2.75, 3.05) is 0 Å². The van der Waals surface area contributed by atoms with E-state index in [1.807, 2.05) is 39.0 Å².